The van der Waals surface area contributed by atoms with E-state index in [1.807, 2.05) is 0 Å². The van der Waals surface area contributed by atoms with Crippen LogP contribution in [0.25, 0.3) is 11.3 Å². The molecule has 1 fully saturated rings. The lowest BCUT2D eigenvalue weighted by atomic mass is 10.1. The van der Waals surface area contributed by atoms with Gasteiger partial charge in [-0.25, -0.2) is 21.2 Å². The molecule has 0 N–H and O–H groups in total. The molecular formula is C23H22ClFN2O6S2. The van der Waals surface area contributed by atoms with Crippen LogP contribution in [0.15, 0.2) is 57.9 Å². The largest absolute Gasteiger partial charge is 0.355 e. The average molecular weight is 541 g/mol. The molecule has 0 saturated carbocycles. The molecule has 8 nitrogen and oxygen atoms in total. The number of amides is 1. The number of nitrogens with zero attached hydrogens (tertiary/aromatic N) is 2. The van der Waals surface area contributed by atoms with E-state index >= 15 is 0 Å². The maximum Gasteiger partial charge on any atom is 0.276 e. The maximum absolute atomic E-state index is 14.5. The molecule has 186 valence electrons. The normalized spacial score (nSPS) is 17.4. The van der Waals surface area contributed by atoms with E-state index in [1.165, 1.54) is 53.4 Å². The molecule has 1 saturated heterocycles. The number of carbonyl (C=O) groups excluding carboxylic acids is 1. The Balaban J connectivity index is 1.64. The van der Waals surface area contributed by atoms with Crippen LogP contribution in [0.5, 0.6) is 0 Å². The molecule has 1 aliphatic rings. The SMILES string of the molecule is CCS(=O)(=O)c1ccc(-c2cc(C(=O)N(Cc3c(F)cccc3Cl)C3CCS(=O)(=O)C3)no2)cc1. The van der Waals surface area contributed by atoms with Crippen LogP contribution in [-0.2, 0) is 26.2 Å². The van der Waals surface area contributed by atoms with Gasteiger partial charge in [0.15, 0.2) is 31.1 Å². The van der Waals surface area contributed by atoms with Crippen LogP contribution in [-0.4, -0.2) is 56.1 Å². The molecule has 0 radical (unpaired) electrons. The Morgan fingerprint density at radius 2 is 1.94 bits per heavy atom. The van der Waals surface area contributed by atoms with Gasteiger partial charge in [-0.2, -0.15) is 0 Å². The molecule has 4 rings (SSSR count). The molecule has 0 aliphatic carbocycles. The highest BCUT2D eigenvalue weighted by molar-refractivity contribution is 7.91. The molecule has 12 heteroatoms. The number of hydrogen-bond donors (Lipinski definition) is 0. The van der Waals surface area contributed by atoms with Crippen molar-refractivity contribution in [2.24, 2.45) is 0 Å². The second-order valence-corrected chi connectivity index (χ2v) is 13.1. The Labute approximate surface area is 207 Å². The Morgan fingerprint density at radius 3 is 2.54 bits per heavy atom. The number of sulfone groups is 2. The molecule has 0 bridgehead atoms. The Hall–Kier alpha value is -2.76. The monoisotopic (exact) mass is 540 g/mol. The third-order valence-corrected chi connectivity index (χ3v) is 9.76. The van der Waals surface area contributed by atoms with E-state index in [1.54, 1.807) is 6.92 Å². The highest BCUT2D eigenvalue weighted by atomic mass is 35.5. The van der Waals surface area contributed by atoms with Gasteiger partial charge in [-0.15, -0.1) is 0 Å². The van der Waals surface area contributed by atoms with Crippen molar-refractivity contribution in [1.29, 1.82) is 0 Å². The Bertz CT molecular complexity index is 1450. The summed E-state index contributed by atoms with van der Waals surface area (Å²) < 4.78 is 68.0. The van der Waals surface area contributed by atoms with E-state index in [0.29, 0.717) is 5.56 Å². The molecule has 3 aromatic rings. The Kier molecular flexibility index (Phi) is 7.03. The van der Waals surface area contributed by atoms with E-state index < -0.39 is 37.4 Å². The molecular weight excluding hydrogens is 519 g/mol. The van der Waals surface area contributed by atoms with Gasteiger partial charge in [0.2, 0.25) is 0 Å². The van der Waals surface area contributed by atoms with Crippen molar-refractivity contribution in [2.45, 2.75) is 30.8 Å². The molecule has 1 aromatic heterocycles. The smallest absolute Gasteiger partial charge is 0.276 e. The highest BCUT2D eigenvalue weighted by Crippen LogP contribution is 2.28. The summed E-state index contributed by atoms with van der Waals surface area (Å²) in [5, 5.41) is 3.95. The number of hydrogen-bond acceptors (Lipinski definition) is 7. The van der Waals surface area contributed by atoms with E-state index in [9.17, 15) is 26.0 Å². The van der Waals surface area contributed by atoms with Crippen molar-refractivity contribution in [2.75, 3.05) is 17.3 Å². The van der Waals surface area contributed by atoms with Crippen molar-refractivity contribution < 1.29 is 30.5 Å². The van der Waals surface area contributed by atoms with Crippen LogP contribution in [0, 0.1) is 5.82 Å². The van der Waals surface area contributed by atoms with Crippen LogP contribution in [0.3, 0.4) is 0 Å². The number of aromatic nitrogens is 1. The van der Waals surface area contributed by atoms with Gasteiger partial charge in [-0.3, -0.25) is 4.79 Å². The van der Waals surface area contributed by atoms with Gasteiger partial charge in [0, 0.05) is 28.3 Å². The second kappa shape index (κ2) is 9.71. The summed E-state index contributed by atoms with van der Waals surface area (Å²) in [6.45, 7) is 1.31. The molecule has 1 amide bonds. The minimum absolute atomic E-state index is 0.0357. The highest BCUT2D eigenvalue weighted by Gasteiger charge is 2.36. The average Bonchev–Trinajstić information content (AvgIpc) is 3.45. The van der Waals surface area contributed by atoms with Gasteiger partial charge >= 0.3 is 0 Å². The summed E-state index contributed by atoms with van der Waals surface area (Å²) in [5.74, 6) is -1.39. The van der Waals surface area contributed by atoms with E-state index in [4.69, 9.17) is 16.1 Å². The zero-order valence-corrected chi connectivity index (χ0v) is 21.0. The van der Waals surface area contributed by atoms with Gasteiger partial charge in [0.1, 0.15) is 5.82 Å². The van der Waals surface area contributed by atoms with E-state index in [2.05, 4.69) is 5.16 Å². The van der Waals surface area contributed by atoms with Gasteiger partial charge in [0.05, 0.1) is 28.7 Å². The van der Waals surface area contributed by atoms with E-state index in [-0.39, 0.29) is 57.2 Å². The maximum atomic E-state index is 14.5. The van der Waals surface area contributed by atoms with Crippen LogP contribution >= 0.6 is 11.6 Å². The van der Waals surface area contributed by atoms with Crippen LogP contribution in [0.4, 0.5) is 4.39 Å². The Morgan fingerprint density at radius 1 is 1.23 bits per heavy atom. The molecule has 35 heavy (non-hydrogen) atoms. The van der Waals surface area contributed by atoms with Crippen molar-refractivity contribution >= 4 is 37.2 Å². The first-order valence-corrected chi connectivity index (χ1v) is 14.6. The number of carbonyl (C=O) groups is 1. The van der Waals surface area contributed by atoms with Gasteiger partial charge < -0.3 is 9.42 Å². The van der Waals surface area contributed by atoms with Crippen molar-refractivity contribution in [3.63, 3.8) is 0 Å². The number of benzene rings is 2. The van der Waals surface area contributed by atoms with Crippen molar-refractivity contribution in [1.82, 2.24) is 10.1 Å². The summed E-state index contributed by atoms with van der Waals surface area (Å²) >= 11 is 6.15. The summed E-state index contributed by atoms with van der Waals surface area (Å²) in [6, 6.07) is 10.8. The topological polar surface area (TPSA) is 115 Å². The minimum Gasteiger partial charge on any atom is -0.355 e. The first-order chi connectivity index (χ1) is 16.5. The summed E-state index contributed by atoms with van der Waals surface area (Å²) in [7, 11) is -6.71. The van der Waals surface area contributed by atoms with E-state index in [0.717, 1.165) is 0 Å². The molecule has 2 heterocycles. The zero-order chi connectivity index (χ0) is 25.4. The molecule has 2 aromatic carbocycles. The molecule has 1 atom stereocenters. The first kappa shape index (κ1) is 25.3. The summed E-state index contributed by atoms with van der Waals surface area (Å²) in [6.07, 6.45) is 0.207. The van der Waals surface area contributed by atoms with Gasteiger partial charge in [0.25, 0.3) is 5.91 Å². The molecule has 1 aliphatic heterocycles. The quantitative estimate of drug-likeness (QED) is 0.448. The van der Waals surface area contributed by atoms with Gasteiger partial charge in [-0.05, 0) is 42.8 Å². The molecule has 0 spiro atoms. The standard InChI is InChI=1S/C23H22ClFN2O6S2/c1-2-35(31,32)17-8-6-15(7-9-17)22-12-21(26-33-22)23(28)27(16-10-11-34(29,30)14-16)13-18-19(24)4-3-5-20(18)25/h3-9,12,16H,2,10-11,13-14H2,1H3. The lowest BCUT2D eigenvalue weighted by Gasteiger charge is -2.28. The van der Waals surface area contributed by atoms with Crippen LogP contribution in [0.2, 0.25) is 5.02 Å². The number of halogens is 2. The molecule has 1 unspecified atom stereocenters. The van der Waals surface area contributed by atoms with Gasteiger partial charge in [-0.1, -0.05) is 29.7 Å². The van der Waals surface area contributed by atoms with Crippen molar-refractivity contribution in [3.8, 4) is 11.3 Å². The van der Waals surface area contributed by atoms with Crippen LogP contribution in [0.1, 0.15) is 29.4 Å². The fourth-order valence-corrected chi connectivity index (χ4v) is 6.73. The number of rotatable bonds is 7. The first-order valence-electron chi connectivity index (χ1n) is 10.7. The fraction of sp³-hybridized carbons (Fsp3) is 0.304. The predicted octanol–water partition coefficient (Wildman–Crippen LogP) is 3.76. The third-order valence-electron chi connectivity index (χ3n) is 5.91. The second-order valence-electron chi connectivity index (χ2n) is 8.19. The lowest BCUT2D eigenvalue weighted by Crippen LogP contribution is -2.41. The lowest BCUT2D eigenvalue weighted by molar-refractivity contribution is 0.0668. The fourth-order valence-electron chi connectivity index (χ4n) is 3.89. The van der Waals surface area contributed by atoms with Crippen LogP contribution < -0.4 is 0 Å². The third kappa shape index (κ3) is 5.41. The summed E-state index contributed by atoms with van der Waals surface area (Å²) in [4.78, 5) is 14.8. The summed E-state index contributed by atoms with van der Waals surface area (Å²) in [5.41, 5.74) is 0.476. The zero-order valence-electron chi connectivity index (χ0n) is 18.6. The minimum atomic E-state index is -3.37. The predicted molar refractivity (Wildman–Crippen MR) is 128 cm³/mol. The van der Waals surface area contributed by atoms with Crippen molar-refractivity contribution in [3.05, 3.63) is 70.6 Å².